The minimum Gasteiger partial charge on any atom is -0.486 e. The van der Waals surface area contributed by atoms with Gasteiger partial charge in [0.15, 0.2) is 0 Å². The first kappa shape index (κ1) is 27.8. The lowest BCUT2D eigenvalue weighted by atomic mass is 9.96. The van der Waals surface area contributed by atoms with Gasteiger partial charge < -0.3 is 10.0 Å². The Morgan fingerprint density at radius 1 is 0.978 bits per heavy atom. The number of carboxylic acid groups (broad SMARTS) is 1. The van der Waals surface area contributed by atoms with Gasteiger partial charge in [-0.3, -0.25) is 4.79 Å². The van der Waals surface area contributed by atoms with Crippen LogP contribution in [-0.2, 0) is 4.79 Å². The number of hydrogen-bond donors (Lipinski definition) is 1. The molecule has 8 nitrogen and oxygen atoms in total. The Hall–Kier alpha value is -4.76. The van der Waals surface area contributed by atoms with Crippen LogP contribution in [0.15, 0.2) is 72.7 Å². The molecule has 3 aromatic carbocycles. The molecule has 0 saturated heterocycles. The zero-order chi connectivity index (χ0) is 30.7. The fourth-order valence-corrected chi connectivity index (χ4v) is 8.94. The Labute approximate surface area is 271 Å². The molecular formula is C34H24N6O2S3. The van der Waals surface area contributed by atoms with Crippen molar-refractivity contribution in [2.75, 3.05) is 4.90 Å². The minimum atomic E-state index is -1.26. The molecule has 8 rings (SSSR count). The van der Waals surface area contributed by atoms with Crippen molar-refractivity contribution in [2.24, 2.45) is 0 Å². The summed E-state index contributed by atoms with van der Waals surface area (Å²) in [4.78, 5) is 27.9. The molecule has 1 aliphatic carbocycles. The molecule has 1 fully saturated rings. The summed E-state index contributed by atoms with van der Waals surface area (Å²) in [5.41, 5.74) is 9.35. The largest absolute Gasteiger partial charge is 0.486 e. The van der Waals surface area contributed by atoms with Crippen LogP contribution in [0.3, 0.4) is 0 Å². The van der Waals surface area contributed by atoms with Crippen molar-refractivity contribution in [2.45, 2.75) is 38.1 Å². The van der Waals surface area contributed by atoms with Crippen LogP contribution in [0.25, 0.3) is 53.5 Å². The van der Waals surface area contributed by atoms with Crippen LogP contribution in [0.4, 0.5) is 11.4 Å². The number of thiazole rings is 2. The highest BCUT2D eigenvalue weighted by atomic mass is 32.1. The number of anilines is 2. The second-order valence-corrected chi connectivity index (χ2v) is 13.9. The van der Waals surface area contributed by atoms with Gasteiger partial charge in [-0.25, -0.2) is 14.8 Å². The maximum Gasteiger partial charge on any atom is 0.333 e. The number of hydrogen-bond acceptors (Lipinski definition) is 9. The third-order valence-electron chi connectivity index (χ3n) is 8.62. The standard InChI is InChI=1S/C34H24N6O2S3/c1-18-6-9-20(10-7-18)40-27-5-3-4-22(27)25-14-19(8-13-28(25)40)29-17-37-33(44-29)24-12-11-23(30-31(24)39-45-38-30)32-36-16-21(43-32)15-26(35-2)34(41)42/h6-17,22,27H,3-5H2,1H3,(H,41,42)/b26-15-. The number of carbonyl (C=O) groups is 1. The van der Waals surface area contributed by atoms with Crippen LogP contribution >= 0.6 is 34.4 Å². The van der Waals surface area contributed by atoms with Gasteiger partial charge >= 0.3 is 5.97 Å². The Kier molecular flexibility index (Phi) is 6.78. The van der Waals surface area contributed by atoms with Crippen LogP contribution in [0.5, 0.6) is 0 Å². The fourth-order valence-electron chi connectivity index (χ4n) is 6.55. The van der Waals surface area contributed by atoms with Crippen LogP contribution in [0.1, 0.15) is 41.2 Å². The highest BCUT2D eigenvalue weighted by molar-refractivity contribution is 7.18. The normalized spacial score (nSPS) is 17.4. The smallest absolute Gasteiger partial charge is 0.333 e. The van der Waals surface area contributed by atoms with Gasteiger partial charge in [-0.2, -0.15) is 8.75 Å². The maximum absolute atomic E-state index is 11.3. The number of aromatic nitrogens is 4. The molecule has 2 aliphatic rings. The molecule has 0 spiro atoms. The monoisotopic (exact) mass is 644 g/mol. The Morgan fingerprint density at radius 3 is 2.44 bits per heavy atom. The predicted molar refractivity (Wildman–Crippen MR) is 181 cm³/mol. The highest BCUT2D eigenvalue weighted by Gasteiger charge is 2.42. The average Bonchev–Trinajstić information content (AvgIpc) is 3.88. The molecule has 2 unspecified atom stereocenters. The average molecular weight is 645 g/mol. The first-order valence-corrected chi connectivity index (χ1v) is 16.8. The molecule has 1 aliphatic heterocycles. The van der Waals surface area contributed by atoms with Crippen LogP contribution in [-0.4, -0.2) is 35.8 Å². The van der Waals surface area contributed by atoms with Crippen molar-refractivity contribution < 1.29 is 9.90 Å². The predicted octanol–water partition coefficient (Wildman–Crippen LogP) is 9.05. The molecule has 0 amide bonds. The molecule has 0 bridgehead atoms. The van der Waals surface area contributed by atoms with Gasteiger partial charge in [0.1, 0.15) is 21.0 Å². The van der Waals surface area contributed by atoms with Gasteiger partial charge in [0.25, 0.3) is 5.70 Å². The van der Waals surface area contributed by atoms with E-state index in [1.54, 1.807) is 17.5 Å². The van der Waals surface area contributed by atoms with Crippen LogP contribution < -0.4 is 4.90 Å². The minimum absolute atomic E-state index is 0.351. The zero-order valence-electron chi connectivity index (χ0n) is 24.0. The number of aryl methyl sites for hydroxylation is 1. The summed E-state index contributed by atoms with van der Waals surface area (Å²) in [6.07, 6.45) is 8.55. The van der Waals surface area contributed by atoms with Crippen molar-refractivity contribution in [1.29, 1.82) is 0 Å². The van der Waals surface area contributed by atoms with Crippen molar-refractivity contribution >= 4 is 68.9 Å². The van der Waals surface area contributed by atoms with E-state index in [4.69, 9.17) is 11.6 Å². The molecule has 3 aromatic heterocycles. The SMILES string of the molecule is [C-]#[N+]/C(=C\c1cnc(-c2ccc(-c3ncc(-c4ccc5c(c4)C4CCCC4N5c4ccc(C)cc4)s3)c3nsnc23)s1)C(=O)O. The molecule has 11 heteroatoms. The van der Waals surface area contributed by atoms with E-state index in [1.165, 1.54) is 64.7 Å². The second kappa shape index (κ2) is 11.0. The molecular weight excluding hydrogens is 621 g/mol. The molecule has 220 valence electrons. The summed E-state index contributed by atoms with van der Waals surface area (Å²) in [5.74, 6) is -0.717. The summed E-state index contributed by atoms with van der Waals surface area (Å²) < 4.78 is 9.20. The van der Waals surface area contributed by atoms with Gasteiger partial charge in [-0.1, -0.05) is 30.2 Å². The van der Waals surface area contributed by atoms with E-state index in [-0.39, 0.29) is 5.70 Å². The lowest BCUT2D eigenvalue weighted by Crippen LogP contribution is -2.26. The molecule has 1 N–H and O–H groups in total. The number of carboxylic acids is 1. The third-order valence-corrected chi connectivity index (χ3v) is 11.2. The topological polar surface area (TPSA) is 96.5 Å². The first-order chi connectivity index (χ1) is 22.0. The zero-order valence-corrected chi connectivity index (χ0v) is 26.4. The number of fused-ring (bicyclic) bond motifs is 4. The van der Waals surface area contributed by atoms with E-state index >= 15 is 0 Å². The molecule has 6 aromatic rings. The lowest BCUT2D eigenvalue weighted by Gasteiger charge is -2.27. The summed E-state index contributed by atoms with van der Waals surface area (Å²) >= 11 is 4.10. The molecule has 2 atom stereocenters. The van der Waals surface area contributed by atoms with Gasteiger partial charge in [0.2, 0.25) is 0 Å². The second-order valence-electron chi connectivity index (χ2n) is 11.2. The molecule has 45 heavy (non-hydrogen) atoms. The van der Waals surface area contributed by atoms with Crippen molar-refractivity contribution in [3.8, 4) is 31.6 Å². The van der Waals surface area contributed by atoms with E-state index in [2.05, 4.69) is 72.9 Å². The number of aliphatic carboxylic acids is 1. The fraction of sp³-hybridized carbons (Fsp3) is 0.176. The van der Waals surface area contributed by atoms with Crippen molar-refractivity contribution in [3.05, 3.63) is 100 Å². The van der Waals surface area contributed by atoms with Gasteiger partial charge in [-0.15, -0.1) is 22.7 Å². The maximum atomic E-state index is 11.3. The quantitative estimate of drug-likeness (QED) is 0.143. The van der Waals surface area contributed by atoms with E-state index in [9.17, 15) is 9.90 Å². The number of benzene rings is 3. The summed E-state index contributed by atoms with van der Waals surface area (Å²) in [7, 11) is 0. The first-order valence-electron chi connectivity index (χ1n) is 14.5. The van der Waals surface area contributed by atoms with E-state index in [0.29, 0.717) is 21.8 Å². The van der Waals surface area contributed by atoms with Gasteiger partial charge in [0, 0.05) is 51.7 Å². The Balaban J connectivity index is 1.12. The van der Waals surface area contributed by atoms with Gasteiger partial charge in [-0.05, 0) is 73.4 Å². The Morgan fingerprint density at radius 2 is 1.71 bits per heavy atom. The molecule has 4 heterocycles. The number of rotatable bonds is 6. The van der Waals surface area contributed by atoms with E-state index in [1.807, 2.05) is 18.3 Å². The molecule has 0 radical (unpaired) electrons. The Bertz CT molecular complexity index is 2190. The lowest BCUT2D eigenvalue weighted by molar-refractivity contribution is -0.132. The number of nitrogens with zero attached hydrogens (tertiary/aromatic N) is 6. The summed E-state index contributed by atoms with van der Waals surface area (Å²) in [5, 5.41) is 10.8. The van der Waals surface area contributed by atoms with Crippen LogP contribution in [0.2, 0.25) is 0 Å². The van der Waals surface area contributed by atoms with Gasteiger partial charge in [0.05, 0.1) is 23.2 Å². The highest BCUT2D eigenvalue weighted by Crippen LogP contribution is 2.53. The van der Waals surface area contributed by atoms with Crippen molar-refractivity contribution in [3.63, 3.8) is 0 Å². The summed E-state index contributed by atoms with van der Waals surface area (Å²) in [6, 6.07) is 20.3. The van der Waals surface area contributed by atoms with E-state index < -0.39 is 5.97 Å². The molecule has 1 saturated carbocycles. The van der Waals surface area contributed by atoms with Crippen LogP contribution in [0, 0.1) is 13.5 Å². The van der Waals surface area contributed by atoms with Crippen molar-refractivity contribution in [1.82, 2.24) is 18.7 Å². The summed E-state index contributed by atoms with van der Waals surface area (Å²) in [6.45, 7) is 9.24. The third kappa shape index (κ3) is 4.73. The van der Waals surface area contributed by atoms with E-state index in [0.717, 1.165) is 43.8 Å².